The van der Waals surface area contributed by atoms with E-state index in [0.29, 0.717) is 33.3 Å². The molecule has 0 bridgehead atoms. The van der Waals surface area contributed by atoms with Gasteiger partial charge in [-0.2, -0.15) is 0 Å². The number of hydrogen-bond donors (Lipinski definition) is 15. The van der Waals surface area contributed by atoms with Crippen molar-refractivity contribution in [3.05, 3.63) is 126 Å². The van der Waals surface area contributed by atoms with Gasteiger partial charge in [0.05, 0.1) is 38.3 Å². The minimum Gasteiger partial charge on any atom is -0.370 e. The number of aromatic amines is 2. The molecule has 1 radical (unpaired) electrons. The van der Waals surface area contributed by atoms with Gasteiger partial charge in [-0.1, -0.05) is 118 Å². The summed E-state index contributed by atoms with van der Waals surface area (Å²) < 4.78 is 0. The number of carbonyl (C=O) groups is 14. The van der Waals surface area contributed by atoms with Crippen LogP contribution < -0.4 is 70.0 Å². The molecule has 30 nitrogen and oxygen atoms in total. The van der Waals surface area contributed by atoms with Crippen molar-refractivity contribution >= 4 is 105 Å². The van der Waals surface area contributed by atoms with Gasteiger partial charge in [0, 0.05) is 80.3 Å². The van der Waals surface area contributed by atoms with Crippen LogP contribution in [0.1, 0.15) is 81.1 Å². The van der Waals surface area contributed by atoms with Gasteiger partial charge in [-0.15, -0.1) is 0 Å². The Morgan fingerprint density at radius 3 is 1.62 bits per heavy atom. The summed E-state index contributed by atoms with van der Waals surface area (Å²) in [6.07, 6.45) is 3.41. The maximum Gasteiger partial charge on any atom is 0.243 e. The number of nitrogens with one attached hydrogen (secondary N) is 13. The SMILES string of the molecule is CC(C)C[C@H](NC(=O)[C@H](Cc1cnc[nH]1)NC(=O)CNC(=O)[C@@H](NC(=O)[C@H](C)NC(=O)[C@H](Cc1c[nH]c2ccccc12)NC(=O)[C@H](CCC(N)=O)NC(=O)[C@@H](Cc1ccccc1)NC(=O)CNC(=O)CNC(=O)CNC(=O)CSC(=O)c1ccccc1)C(C)C)C(N)=O.[99Tc]. The fraction of sp³-hybridized carbons (Fsp3) is 0.403. The number of rotatable bonds is 37. The normalized spacial score (nSPS) is 13.1. The zero-order valence-electron chi connectivity index (χ0n) is 52.4. The maximum absolute atomic E-state index is 14.5. The topological polar surface area (TPSA) is 468 Å². The van der Waals surface area contributed by atoms with Crippen molar-refractivity contribution in [1.82, 2.24) is 73.4 Å². The van der Waals surface area contributed by atoms with Crippen molar-refractivity contribution in [2.24, 2.45) is 23.3 Å². The number of hydrogen-bond acceptors (Lipinski definition) is 16. The fourth-order valence-electron chi connectivity index (χ4n) is 9.17. The number of nitrogens with two attached hydrogens (primary N) is 2. The summed E-state index contributed by atoms with van der Waals surface area (Å²) in [7, 11) is 0. The molecule has 0 aliphatic carbocycles. The van der Waals surface area contributed by atoms with Gasteiger partial charge >= 0.3 is 0 Å². The van der Waals surface area contributed by atoms with Crippen LogP contribution in [0, 0.1) is 11.8 Å². The van der Waals surface area contributed by atoms with Gasteiger partial charge < -0.3 is 79.9 Å². The number of thioether (sulfide) groups is 1. The number of aromatic nitrogens is 3. The van der Waals surface area contributed by atoms with Crippen LogP contribution >= 0.6 is 11.8 Å². The predicted molar refractivity (Wildman–Crippen MR) is 341 cm³/mol. The van der Waals surface area contributed by atoms with Crippen molar-refractivity contribution in [2.75, 3.05) is 31.9 Å². The van der Waals surface area contributed by atoms with E-state index in [2.05, 4.69) is 73.4 Å². The van der Waals surface area contributed by atoms with E-state index in [0.717, 1.165) is 11.8 Å². The van der Waals surface area contributed by atoms with Crippen molar-refractivity contribution in [3.8, 4) is 0 Å². The van der Waals surface area contributed by atoms with Crippen LogP contribution in [0.4, 0.5) is 0 Å². The average Bonchev–Trinajstić information content (AvgIpc) is 1.67. The molecule has 2 aromatic heterocycles. The number of benzene rings is 3. The number of carbonyl (C=O) groups excluding carboxylic acids is 14. The smallest absolute Gasteiger partial charge is 0.243 e. The molecule has 7 atom stereocenters. The summed E-state index contributed by atoms with van der Waals surface area (Å²) in [5.74, 6) is -11.5. The summed E-state index contributed by atoms with van der Waals surface area (Å²) >= 11 is 0.746. The summed E-state index contributed by atoms with van der Waals surface area (Å²) in [5.41, 5.74) is 13.7. The molecule has 2 heterocycles. The van der Waals surface area contributed by atoms with Crippen LogP contribution in [0.25, 0.3) is 10.9 Å². The van der Waals surface area contributed by atoms with Crippen molar-refractivity contribution in [2.45, 2.75) is 115 Å². The minimum atomic E-state index is -1.58. The van der Waals surface area contributed by atoms with E-state index in [4.69, 9.17) is 11.5 Å². The Morgan fingerprint density at radius 1 is 0.511 bits per heavy atom. The first kappa shape index (κ1) is 76.6. The molecule has 17 N–H and O–H groups in total. The van der Waals surface area contributed by atoms with E-state index < -0.39 is 164 Å². The molecule has 32 heteroatoms. The number of H-pyrrole nitrogens is 2. The molecule has 3 aromatic carbocycles. The molecular weight excluding hydrogens is 1320 g/mol. The Hall–Kier alpha value is -9.81. The molecule has 5 rings (SSSR count). The third kappa shape index (κ3) is 26.4. The number of para-hydroxylation sites is 1. The van der Waals surface area contributed by atoms with Gasteiger partial charge in [-0.25, -0.2) is 4.98 Å². The maximum atomic E-state index is 14.5. The number of amides is 13. The molecule has 94 heavy (non-hydrogen) atoms. The van der Waals surface area contributed by atoms with Crippen molar-refractivity contribution in [1.29, 1.82) is 0 Å². The van der Waals surface area contributed by atoms with Gasteiger partial charge in [-0.05, 0) is 48.8 Å². The average molecular weight is 1400 g/mol. The molecule has 0 saturated heterocycles. The van der Waals surface area contributed by atoms with Crippen LogP contribution in [0.5, 0.6) is 0 Å². The van der Waals surface area contributed by atoms with E-state index in [1.54, 1.807) is 105 Å². The second-order valence-electron chi connectivity index (χ2n) is 22.4. The summed E-state index contributed by atoms with van der Waals surface area (Å²) in [5, 5.41) is 27.8. The van der Waals surface area contributed by atoms with E-state index in [9.17, 15) is 67.1 Å². The Balaban J connectivity index is 0.0000188. The predicted octanol–water partition coefficient (Wildman–Crippen LogP) is -2.18. The first-order chi connectivity index (χ1) is 44.3. The van der Waals surface area contributed by atoms with Gasteiger partial charge in [0.2, 0.25) is 81.9 Å². The zero-order chi connectivity index (χ0) is 68.1. The second-order valence-corrected chi connectivity index (χ2v) is 23.4. The monoisotopic (exact) mass is 1400 g/mol. The Kier molecular flexibility index (Phi) is 31.7. The van der Waals surface area contributed by atoms with E-state index >= 15 is 0 Å². The summed E-state index contributed by atoms with van der Waals surface area (Å²) in [6.45, 7) is 5.76. The number of nitrogens with zero attached hydrogens (tertiary/aromatic N) is 1. The van der Waals surface area contributed by atoms with E-state index in [1.807, 2.05) is 13.8 Å². The van der Waals surface area contributed by atoms with Gasteiger partial charge in [0.25, 0.3) is 0 Å². The first-order valence-corrected chi connectivity index (χ1v) is 30.8. The van der Waals surface area contributed by atoms with Crippen LogP contribution in [-0.4, -0.2) is 171 Å². The standard InChI is InChI=1S/C62H80N16O14S.Tc/c1-34(2)22-44(55(64)85)76-60(90)47(25-40-27-65-33-71-40)74-52(83)31-70-61(91)54(35(3)4)78-56(86)36(5)72-58(88)46(24-39-26-66-42-19-13-12-18-41(39)42)77-57(87)43(20-21-48(63)79)75-59(89)45(23-37-14-8-6-9-15-37)73-51(82)30-68-49(80)28-67-50(81)29-69-53(84)32-93-62(92)38-16-10-7-11-17-38;/h6-19,26-27,33-36,43-47,54,66H,20-25,28-32H2,1-5H3,(H2,63,79)(H2,64,85)(H,65,71)(H,67,81)(H,68,80)(H,69,84)(H,70,91)(H,72,88)(H,73,82)(H,74,83)(H,75,89)(H,76,90)(H,77,87)(H,78,86);/t36-,43-,44-,45+,46-,47-,54-;/m0./s1/i;1+1. The Bertz CT molecular complexity index is 3450. The molecule has 0 fully saturated rings. The van der Waals surface area contributed by atoms with E-state index in [1.165, 1.54) is 19.4 Å². The second kappa shape index (κ2) is 38.9. The van der Waals surface area contributed by atoms with Crippen LogP contribution in [-0.2, 0) is 102 Å². The molecule has 5 aromatic rings. The molecule has 505 valence electrons. The molecule has 0 unspecified atom stereocenters. The number of fused-ring (bicyclic) bond motifs is 1. The molecule has 0 spiro atoms. The quantitative estimate of drug-likeness (QED) is 0.0201. The summed E-state index contributed by atoms with van der Waals surface area (Å²) in [6, 6.07) is 14.3. The van der Waals surface area contributed by atoms with Crippen LogP contribution in [0.15, 0.2) is 104 Å². The number of primary amides is 2. The largest absolute Gasteiger partial charge is 0.370 e. The molecular formula is C62H80N16O14STc. The van der Waals surface area contributed by atoms with Gasteiger partial charge in [0.15, 0.2) is 0 Å². The zero-order valence-corrected chi connectivity index (χ0v) is 55.1. The van der Waals surface area contributed by atoms with Gasteiger partial charge in [-0.3, -0.25) is 67.1 Å². The molecule has 0 saturated carbocycles. The molecule has 0 aliphatic rings. The fourth-order valence-corrected chi connectivity index (χ4v) is 9.83. The van der Waals surface area contributed by atoms with Gasteiger partial charge in [0.1, 0.15) is 42.3 Å². The molecule has 0 aliphatic heterocycles. The van der Waals surface area contributed by atoms with Crippen molar-refractivity contribution in [3.63, 3.8) is 0 Å². The summed E-state index contributed by atoms with van der Waals surface area (Å²) in [4.78, 5) is 195. The third-order valence-electron chi connectivity index (χ3n) is 14.1. The van der Waals surface area contributed by atoms with Crippen molar-refractivity contribution < 1.29 is 87.2 Å². The minimum absolute atomic E-state index is 0. The number of imidazole rings is 1. The van der Waals surface area contributed by atoms with Crippen LogP contribution in [0.2, 0.25) is 0 Å². The Labute approximate surface area is 559 Å². The molecule has 13 amide bonds. The Morgan fingerprint density at radius 2 is 1.03 bits per heavy atom. The third-order valence-corrected chi connectivity index (χ3v) is 15.0. The van der Waals surface area contributed by atoms with Crippen LogP contribution in [0.3, 0.4) is 0 Å². The first-order valence-electron chi connectivity index (χ1n) is 29.8. The van der Waals surface area contributed by atoms with E-state index in [-0.39, 0.29) is 62.6 Å².